The summed E-state index contributed by atoms with van der Waals surface area (Å²) >= 11 is 0. The first-order valence-electron chi connectivity index (χ1n) is 6.92. The van der Waals surface area contributed by atoms with E-state index in [9.17, 15) is 19.5 Å². The smallest absolute Gasteiger partial charge is 0.185 e. The van der Waals surface area contributed by atoms with Crippen LogP contribution in [0.2, 0.25) is 0 Å². The molecule has 0 amide bonds. The second-order valence-electron chi connectivity index (χ2n) is 5.57. The van der Waals surface area contributed by atoms with Gasteiger partial charge >= 0.3 is 0 Å². The number of carboxylic acid groups (broad SMARTS) is 1. The van der Waals surface area contributed by atoms with Crippen molar-refractivity contribution in [2.45, 2.75) is 53.4 Å². The minimum absolute atomic E-state index is 0. The molecule has 4 N–H and O–H groups in total. The Labute approximate surface area is 125 Å². The number of carbonyl (C=O) groups is 3. The van der Waals surface area contributed by atoms with Crippen molar-refractivity contribution in [3.05, 3.63) is 22.3 Å². The van der Waals surface area contributed by atoms with Crippen LogP contribution in [0.3, 0.4) is 0 Å². The number of carboxylic acids is 1. The molecular weight excluding hydrogens is 270 g/mol. The van der Waals surface area contributed by atoms with E-state index in [1.54, 1.807) is 20.8 Å². The quantitative estimate of drug-likeness (QED) is 0.756. The molecule has 0 aliphatic heterocycles. The number of hydrogen-bond acceptors (Lipinski definition) is 4. The van der Waals surface area contributed by atoms with Crippen LogP contribution in [-0.2, 0) is 14.4 Å². The monoisotopic (exact) mass is 295 g/mol. The molecule has 0 radical (unpaired) electrons. The first-order valence-corrected chi connectivity index (χ1v) is 6.92. The van der Waals surface area contributed by atoms with Crippen molar-refractivity contribution in [2.24, 2.45) is 5.92 Å². The summed E-state index contributed by atoms with van der Waals surface area (Å²) in [5.74, 6) is -0.972. The van der Waals surface area contributed by atoms with Crippen molar-refractivity contribution in [3.63, 3.8) is 0 Å². The van der Waals surface area contributed by atoms with Gasteiger partial charge in [-0.15, -0.1) is 0 Å². The second-order valence-corrected chi connectivity index (χ2v) is 5.57. The average Bonchev–Trinajstić information content (AvgIpc) is 2.40. The van der Waals surface area contributed by atoms with Gasteiger partial charge in [-0.2, -0.15) is 0 Å². The highest BCUT2D eigenvalue weighted by atomic mass is 16.4. The number of ketones is 2. The van der Waals surface area contributed by atoms with Crippen LogP contribution >= 0.6 is 0 Å². The molecule has 0 aromatic carbocycles. The number of Topliss-reactive ketones (excluding diaryl/α,β-unsaturated/α-hetero) is 2. The third-order valence-electron chi connectivity index (χ3n) is 4.04. The van der Waals surface area contributed by atoms with Crippen LogP contribution in [0.4, 0.5) is 0 Å². The summed E-state index contributed by atoms with van der Waals surface area (Å²) in [6.07, 6.45) is 1.79. The van der Waals surface area contributed by atoms with Gasteiger partial charge in [-0.3, -0.25) is 9.59 Å². The van der Waals surface area contributed by atoms with E-state index in [0.29, 0.717) is 41.6 Å². The predicted octanol–water partition coefficient (Wildman–Crippen LogP) is 2.11. The lowest BCUT2D eigenvalue weighted by molar-refractivity contribution is -0.306. The molecule has 0 saturated heterocycles. The minimum atomic E-state index is -1.05. The third-order valence-corrected chi connectivity index (χ3v) is 4.04. The molecule has 0 saturated carbocycles. The number of quaternary nitrogens is 1. The Hall–Kier alpha value is -1.75. The van der Waals surface area contributed by atoms with E-state index in [-0.39, 0.29) is 30.1 Å². The van der Waals surface area contributed by atoms with Gasteiger partial charge in [-0.25, -0.2) is 0 Å². The van der Waals surface area contributed by atoms with Crippen LogP contribution in [0.1, 0.15) is 53.4 Å². The lowest BCUT2D eigenvalue weighted by Gasteiger charge is -2.20. The van der Waals surface area contributed by atoms with Crippen LogP contribution in [0, 0.1) is 5.92 Å². The maximum absolute atomic E-state index is 12.2. The van der Waals surface area contributed by atoms with E-state index in [4.69, 9.17) is 0 Å². The van der Waals surface area contributed by atoms with Crippen LogP contribution < -0.4 is 11.3 Å². The van der Waals surface area contributed by atoms with Crippen molar-refractivity contribution in [1.29, 1.82) is 0 Å². The molecule has 0 aromatic rings. The maximum atomic E-state index is 12.2. The van der Waals surface area contributed by atoms with Gasteiger partial charge < -0.3 is 16.1 Å². The second kappa shape index (κ2) is 7.88. The van der Waals surface area contributed by atoms with Crippen molar-refractivity contribution in [2.75, 3.05) is 0 Å². The van der Waals surface area contributed by atoms with E-state index in [1.165, 1.54) is 0 Å². The van der Waals surface area contributed by atoms with Gasteiger partial charge in [0, 0.05) is 28.3 Å². The summed E-state index contributed by atoms with van der Waals surface area (Å²) < 4.78 is 0. The summed E-state index contributed by atoms with van der Waals surface area (Å²) in [6, 6.07) is 0. The standard InChI is InChI=1S/C16H22O4.H3N/c1-9(6-8-14(17)18)5-7-13-12(4)15(19)10(2)11(3)16(13)20;/h9H,5-8H2,1-4H3,(H,17,18);1H3. The lowest BCUT2D eigenvalue weighted by Crippen LogP contribution is -2.23. The van der Waals surface area contributed by atoms with E-state index in [1.807, 2.05) is 6.92 Å². The van der Waals surface area contributed by atoms with Gasteiger partial charge in [0.1, 0.15) is 0 Å². The summed E-state index contributed by atoms with van der Waals surface area (Å²) in [6.45, 7) is 7.00. The Kier molecular flexibility index (Phi) is 7.22. The molecule has 1 aliphatic rings. The van der Waals surface area contributed by atoms with E-state index >= 15 is 0 Å². The maximum Gasteiger partial charge on any atom is 0.185 e. The van der Waals surface area contributed by atoms with Crippen molar-refractivity contribution in [3.8, 4) is 0 Å². The molecule has 1 aliphatic carbocycles. The molecule has 0 bridgehead atoms. The Morgan fingerprint density at radius 3 is 2.05 bits per heavy atom. The van der Waals surface area contributed by atoms with Crippen LogP contribution in [0.5, 0.6) is 0 Å². The molecule has 118 valence electrons. The summed E-state index contributed by atoms with van der Waals surface area (Å²) in [4.78, 5) is 34.6. The van der Waals surface area contributed by atoms with Gasteiger partial charge in [-0.1, -0.05) is 6.92 Å². The normalized spacial score (nSPS) is 17.0. The van der Waals surface area contributed by atoms with Crippen molar-refractivity contribution in [1.82, 2.24) is 6.15 Å². The molecule has 1 unspecified atom stereocenters. The first-order chi connectivity index (χ1) is 9.25. The fourth-order valence-electron chi connectivity index (χ4n) is 2.36. The molecule has 0 fully saturated rings. The number of aliphatic carboxylic acids is 1. The fourth-order valence-corrected chi connectivity index (χ4v) is 2.36. The largest absolute Gasteiger partial charge is 0.550 e. The van der Waals surface area contributed by atoms with Crippen molar-refractivity contribution < 1.29 is 19.5 Å². The average molecular weight is 295 g/mol. The van der Waals surface area contributed by atoms with Gasteiger partial charge in [-0.05, 0) is 52.4 Å². The molecule has 5 heteroatoms. The fraction of sp³-hybridized carbons (Fsp3) is 0.562. The molecule has 5 nitrogen and oxygen atoms in total. The molecule has 21 heavy (non-hydrogen) atoms. The zero-order chi connectivity index (χ0) is 15.4. The Morgan fingerprint density at radius 2 is 1.52 bits per heavy atom. The van der Waals surface area contributed by atoms with Crippen molar-refractivity contribution >= 4 is 17.5 Å². The Morgan fingerprint density at radius 1 is 1.00 bits per heavy atom. The topological polar surface area (TPSA) is 111 Å². The number of rotatable bonds is 6. The summed E-state index contributed by atoms with van der Waals surface area (Å²) in [5, 5.41) is 10.4. The molecule has 1 atom stereocenters. The van der Waals surface area contributed by atoms with Crippen LogP contribution in [0.25, 0.3) is 0 Å². The SMILES string of the molecule is CC1=C(C)C(=O)C(CCC(C)CCC(=O)[O-])=C(C)C1=O.[NH4+]. The Bertz CT molecular complexity index is 514. The van der Waals surface area contributed by atoms with E-state index in [2.05, 4.69) is 0 Å². The third kappa shape index (κ3) is 4.63. The van der Waals surface area contributed by atoms with Crippen LogP contribution in [0.15, 0.2) is 22.3 Å². The summed E-state index contributed by atoms with van der Waals surface area (Å²) in [7, 11) is 0. The molecule has 0 spiro atoms. The van der Waals surface area contributed by atoms with Crippen LogP contribution in [-0.4, -0.2) is 17.5 Å². The predicted molar refractivity (Wildman–Crippen MR) is 79.7 cm³/mol. The highest BCUT2D eigenvalue weighted by molar-refractivity contribution is 6.24. The number of hydrogen-bond donors (Lipinski definition) is 1. The highest BCUT2D eigenvalue weighted by Gasteiger charge is 2.27. The van der Waals surface area contributed by atoms with Gasteiger partial charge in [0.05, 0.1) is 0 Å². The molecule has 0 aromatic heterocycles. The number of allylic oxidation sites excluding steroid dienone is 4. The zero-order valence-corrected chi connectivity index (χ0v) is 13.5. The Balaban J connectivity index is 0.00000400. The van der Waals surface area contributed by atoms with E-state index in [0.717, 1.165) is 0 Å². The molecule has 1 rings (SSSR count). The van der Waals surface area contributed by atoms with Gasteiger partial charge in [0.25, 0.3) is 0 Å². The zero-order valence-electron chi connectivity index (χ0n) is 13.5. The first kappa shape index (κ1) is 19.2. The highest BCUT2D eigenvalue weighted by Crippen LogP contribution is 2.28. The number of carbonyl (C=O) groups excluding carboxylic acids is 3. The van der Waals surface area contributed by atoms with Gasteiger partial charge in [0.2, 0.25) is 0 Å². The summed E-state index contributed by atoms with van der Waals surface area (Å²) in [5.41, 5.74) is 2.17. The minimum Gasteiger partial charge on any atom is -0.550 e. The lowest BCUT2D eigenvalue weighted by atomic mass is 9.83. The van der Waals surface area contributed by atoms with E-state index < -0.39 is 5.97 Å². The molecular formula is C16H25NO4. The molecule has 0 heterocycles. The van der Waals surface area contributed by atoms with Gasteiger partial charge in [0.15, 0.2) is 11.6 Å².